The number of fused-ring (bicyclic) bond motifs is 1. The van der Waals surface area contributed by atoms with E-state index in [2.05, 4.69) is 142 Å². The summed E-state index contributed by atoms with van der Waals surface area (Å²) in [6.07, 6.45) is 2.45. The predicted molar refractivity (Wildman–Crippen MR) is 148 cm³/mol. The van der Waals surface area contributed by atoms with Gasteiger partial charge in [0.1, 0.15) is 0 Å². The Morgan fingerprint density at radius 2 is 1.26 bits per heavy atom. The van der Waals surface area contributed by atoms with E-state index in [0.717, 1.165) is 0 Å². The van der Waals surface area contributed by atoms with Gasteiger partial charge in [0.15, 0.2) is 0 Å². The van der Waals surface area contributed by atoms with Gasteiger partial charge in [0.25, 0.3) is 0 Å². The summed E-state index contributed by atoms with van der Waals surface area (Å²) in [6, 6.07) is 29.9. The van der Waals surface area contributed by atoms with Crippen LogP contribution in [0.1, 0.15) is 56.3 Å². The molecule has 0 bridgehead atoms. The van der Waals surface area contributed by atoms with Crippen LogP contribution in [0.2, 0.25) is 0 Å². The Morgan fingerprint density at radius 1 is 0.706 bits per heavy atom. The van der Waals surface area contributed by atoms with Gasteiger partial charge < -0.3 is 0 Å². The van der Waals surface area contributed by atoms with E-state index in [9.17, 15) is 0 Å². The molecule has 0 radical (unpaired) electrons. The predicted octanol–water partition coefficient (Wildman–Crippen LogP) is 8.36. The fraction of sp³-hybridized carbons (Fsp3) is 0.250. The monoisotopic (exact) mass is 586 g/mol. The molecule has 0 saturated carbocycles. The number of rotatable bonds is 4. The van der Waals surface area contributed by atoms with E-state index < -0.39 is 20.3 Å². The molecule has 3 aromatic carbocycles. The molecule has 0 heterocycles. The first-order valence-corrected chi connectivity index (χ1v) is 18.1. The van der Waals surface area contributed by atoms with E-state index in [1.807, 2.05) is 0 Å². The SMILES string of the molecule is CC1=Cc2c(Br)cccc2[CH]1[Zr]([C]1=C(C)C(C)=C(C)C1(C)C)([c]1ccccc1)[c]1ccccc1. The first-order chi connectivity index (χ1) is 16.2. The molecule has 0 aromatic heterocycles. The number of halogens is 1. The molecule has 0 amide bonds. The summed E-state index contributed by atoms with van der Waals surface area (Å²) in [6.45, 7) is 14.4. The topological polar surface area (TPSA) is 0 Å². The van der Waals surface area contributed by atoms with Crippen LogP contribution >= 0.6 is 15.9 Å². The summed E-state index contributed by atoms with van der Waals surface area (Å²) >= 11 is 0.188. The second-order valence-corrected chi connectivity index (χ2v) is 20.8. The molecular formula is C32H33BrZr. The van der Waals surface area contributed by atoms with Gasteiger partial charge in [0.05, 0.1) is 0 Å². The minimum atomic E-state index is -3.69. The summed E-state index contributed by atoms with van der Waals surface area (Å²) < 4.78 is 6.49. The van der Waals surface area contributed by atoms with Crippen LogP contribution in [0.3, 0.4) is 0 Å². The van der Waals surface area contributed by atoms with E-state index in [-0.39, 0.29) is 5.41 Å². The standard InChI is InChI=1S/C10H8Br.C10H15.2C6H5.Zr/c1-7-5-8-3-2-4-10(11)9(8)6-7;1-7-6-10(4,5)9(3)8(7)2;2*1-2-4-6-5-3-1;/h2-6H,1H3;1-5H3;2*1-5H;. The Morgan fingerprint density at radius 3 is 1.76 bits per heavy atom. The third-order valence-corrected chi connectivity index (χ3v) is 23.8. The first-order valence-electron chi connectivity index (χ1n) is 12.2. The van der Waals surface area contributed by atoms with Gasteiger partial charge in [-0.25, -0.2) is 0 Å². The Labute approximate surface area is 218 Å². The number of hydrogen-bond acceptors (Lipinski definition) is 0. The van der Waals surface area contributed by atoms with E-state index in [4.69, 9.17) is 0 Å². The fourth-order valence-electron chi connectivity index (χ4n) is 6.81. The quantitative estimate of drug-likeness (QED) is 0.287. The van der Waals surface area contributed by atoms with E-state index in [1.54, 1.807) is 9.82 Å². The summed E-state index contributed by atoms with van der Waals surface area (Å²) in [7, 11) is 0. The van der Waals surface area contributed by atoms with E-state index >= 15 is 0 Å². The zero-order chi connectivity index (χ0) is 24.3. The van der Waals surface area contributed by atoms with Crippen molar-refractivity contribution in [2.24, 2.45) is 5.41 Å². The zero-order valence-electron chi connectivity index (χ0n) is 21.0. The molecule has 0 fully saturated rings. The molecule has 1 unspecified atom stereocenters. The van der Waals surface area contributed by atoms with Crippen LogP contribution < -0.4 is 6.54 Å². The Kier molecular flexibility index (Phi) is 6.15. The second-order valence-electron chi connectivity index (χ2n) is 10.5. The van der Waals surface area contributed by atoms with Crippen molar-refractivity contribution in [2.75, 3.05) is 0 Å². The fourth-order valence-corrected chi connectivity index (χ4v) is 23.9. The molecule has 0 N–H and O–H groups in total. The van der Waals surface area contributed by atoms with Crippen molar-refractivity contribution in [3.8, 4) is 0 Å². The Balaban J connectivity index is 1.98. The van der Waals surface area contributed by atoms with Crippen molar-refractivity contribution >= 4 is 28.5 Å². The van der Waals surface area contributed by atoms with Crippen molar-refractivity contribution in [2.45, 2.75) is 45.2 Å². The van der Waals surface area contributed by atoms with Gasteiger partial charge in [0.2, 0.25) is 0 Å². The van der Waals surface area contributed by atoms with E-state index in [1.165, 1.54) is 37.9 Å². The van der Waals surface area contributed by atoms with Crippen molar-refractivity contribution < 1.29 is 20.3 Å². The molecule has 2 aliphatic carbocycles. The number of benzene rings is 3. The molecule has 0 saturated heterocycles. The normalized spacial score (nSPS) is 19.5. The minimum absolute atomic E-state index is 0.0327. The molecule has 2 heteroatoms. The van der Waals surface area contributed by atoms with Gasteiger partial charge in [-0.2, -0.15) is 0 Å². The molecule has 0 nitrogen and oxygen atoms in total. The van der Waals surface area contributed by atoms with Crippen LogP contribution in [-0.2, 0) is 20.3 Å². The van der Waals surface area contributed by atoms with Gasteiger partial charge >= 0.3 is 219 Å². The van der Waals surface area contributed by atoms with Gasteiger partial charge in [-0.15, -0.1) is 0 Å². The van der Waals surface area contributed by atoms with Crippen LogP contribution in [0.4, 0.5) is 0 Å². The first kappa shape index (κ1) is 24.0. The molecule has 0 aliphatic heterocycles. The summed E-state index contributed by atoms with van der Waals surface area (Å²) in [5.41, 5.74) is 8.95. The summed E-state index contributed by atoms with van der Waals surface area (Å²) in [4.78, 5) is 0. The van der Waals surface area contributed by atoms with E-state index in [0.29, 0.717) is 3.63 Å². The molecule has 3 aromatic rings. The summed E-state index contributed by atoms with van der Waals surface area (Å²) in [5.74, 6) is 0. The summed E-state index contributed by atoms with van der Waals surface area (Å²) in [5, 5.41) is 0. The Bertz CT molecular complexity index is 1320. The van der Waals surface area contributed by atoms with Gasteiger partial charge in [-0.1, -0.05) is 0 Å². The molecule has 5 rings (SSSR count). The third kappa shape index (κ3) is 3.32. The molecule has 1 atom stereocenters. The number of hydrogen-bond donors (Lipinski definition) is 0. The second kappa shape index (κ2) is 8.72. The maximum atomic E-state index is 3.88. The van der Waals surface area contributed by atoms with Crippen molar-refractivity contribution in [3.63, 3.8) is 0 Å². The van der Waals surface area contributed by atoms with Crippen LogP contribution in [0.25, 0.3) is 6.08 Å². The molecular weight excluding hydrogens is 555 g/mol. The van der Waals surface area contributed by atoms with Gasteiger partial charge in [-0.05, 0) is 0 Å². The van der Waals surface area contributed by atoms with Crippen molar-refractivity contribution in [3.05, 3.63) is 120 Å². The molecule has 2 aliphatic rings. The molecule has 34 heavy (non-hydrogen) atoms. The Hall–Kier alpha value is -1.76. The molecule has 172 valence electrons. The number of allylic oxidation sites excluding steroid dienone is 5. The van der Waals surface area contributed by atoms with Crippen molar-refractivity contribution in [1.29, 1.82) is 0 Å². The molecule has 0 spiro atoms. The maximum absolute atomic E-state index is 3.88. The third-order valence-electron chi connectivity index (χ3n) is 8.57. The van der Waals surface area contributed by atoms with Crippen LogP contribution in [0, 0.1) is 5.41 Å². The van der Waals surface area contributed by atoms with Crippen LogP contribution in [-0.4, -0.2) is 0 Å². The van der Waals surface area contributed by atoms with Gasteiger partial charge in [0, 0.05) is 0 Å². The zero-order valence-corrected chi connectivity index (χ0v) is 25.1. The van der Waals surface area contributed by atoms with Crippen molar-refractivity contribution in [1.82, 2.24) is 0 Å². The van der Waals surface area contributed by atoms with Crippen LogP contribution in [0.5, 0.6) is 0 Å². The van der Waals surface area contributed by atoms with Crippen LogP contribution in [0.15, 0.2) is 109 Å². The average Bonchev–Trinajstić information content (AvgIpc) is 3.26. The average molecular weight is 589 g/mol. The van der Waals surface area contributed by atoms with Gasteiger partial charge in [-0.3, -0.25) is 0 Å².